The number of benzene rings is 1. The Morgan fingerprint density at radius 3 is 2.32 bits per heavy atom. The molecule has 0 bridgehead atoms. The fourth-order valence-corrected chi connectivity index (χ4v) is 2.37. The molecule has 4 heteroatoms. The van der Waals surface area contributed by atoms with Crippen LogP contribution in [0.15, 0.2) is 24.3 Å². The maximum absolute atomic E-state index is 13.9. The molecule has 2 aliphatic rings. The van der Waals surface area contributed by atoms with E-state index in [9.17, 15) is 8.78 Å². The quantitative estimate of drug-likeness (QED) is 0.478. The van der Waals surface area contributed by atoms with Crippen LogP contribution in [-0.2, 0) is 0 Å². The molecule has 0 spiro atoms. The van der Waals surface area contributed by atoms with Crippen LogP contribution in [0.5, 0.6) is 11.5 Å². The van der Waals surface area contributed by atoms with E-state index in [-0.39, 0.29) is 18.1 Å². The van der Waals surface area contributed by atoms with Crippen LogP contribution in [-0.4, -0.2) is 13.2 Å². The lowest BCUT2D eigenvalue weighted by Gasteiger charge is -2.10. The highest BCUT2D eigenvalue weighted by molar-refractivity contribution is 5.35. The zero-order chi connectivity index (χ0) is 15.4. The molecule has 1 aromatic rings. The van der Waals surface area contributed by atoms with Crippen molar-refractivity contribution in [1.82, 2.24) is 0 Å². The predicted molar refractivity (Wildman–Crippen MR) is 81.2 cm³/mol. The molecular weight excluding hydrogens is 286 g/mol. The minimum Gasteiger partial charge on any atom is -0.490 e. The zero-order valence-electron chi connectivity index (χ0n) is 12.7. The lowest BCUT2D eigenvalue weighted by molar-refractivity contribution is 0.277. The summed E-state index contributed by atoms with van der Waals surface area (Å²) in [6, 6.07) is 2.87. The van der Waals surface area contributed by atoms with Crippen LogP contribution in [0, 0.1) is 23.5 Å². The molecule has 0 unspecified atom stereocenters. The fraction of sp³-hybridized carbons (Fsp3) is 0.556. The average molecular weight is 308 g/mol. The molecule has 120 valence electrons. The topological polar surface area (TPSA) is 18.5 Å². The van der Waals surface area contributed by atoms with Gasteiger partial charge in [-0.15, -0.1) is 0 Å². The monoisotopic (exact) mass is 308 g/mol. The van der Waals surface area contributed by atoms with Gasteiger partial charge in [0.05, 0.1) is 6.61 Å². The molecule has 0 aromatic heterocycles. The Bertz CT molecular complexity index is 534. The molecule has 0 saturated heterocycles. The fourth-order valence-electron chi connectivity index (χ4n) is 2.37. The van der Waals surface area contributed by atoms with Crippen molar-refractivity contribution in [2.75, 3.05) is 13.2 Å². The lowest BCUT2D eigenvalue weighted by Crippen LogP contribution is -2.03. The van der Waals surface area contributed by atoms with Crippen molar-refractivity contribution < 1.29 is 18.3 Å². The van der Waals surface area contributed by atoms with Gasteiger partial charge in [0.25, 0.3) is 0 Å². The van der Waals surface area contributed by atoms with Crippen LogP contribution in [0.3, 0.4) is 0 Å². The van der Waals surface area contributed by atoms with E-state index in [0.29, 0.717) is 12.5 Å². The molecule has 2 aliphatic carbocycles. The molecular formula is C18H22F2O2. The summed E-state index contributed by atoms with van der Waals surface area (Å²) in [6.07, 6.45) is 10.9. The summed E-state index contributed by atoms with van der Waals surface area (Å²) in [5.41, 5.74) is 0. The number of halogens is 2. The number of rotatable bonds is 9. The van der Waals surface area contributed by atoms with E-state index >= 15 is 0 Å². The van der Waals surface area contributed by atoms with Crippen molar-refractivity contribution in [1.29, 1.82) is 0 Å². The molecule has 0 aliphatic heterocycles. The highest BCUT2D eigenvalue weighted by Crippen LogP contribution is 2.34. The van der Waals surface area contributed by atoms with Gasteiger partial charge in [0.1, 0.15) is 6.61 Å². The first-order valence-electron chi connectivity index (χ1n) is 8.14. The molecule has 0 atom stereocenters. The van der Waals surface area contributed by atoms with Crippen LogP contribution in [0.2, 0.25) is 0 Å². The van der Waals surface area contributed by atoms with Crippen molar-refractivity contribution in [3.05, 3.63) is 35.9 Å². The van der Waals surface area contributed by atoms with Crippen LogP contribution >= 0.6 is 0 Å². The second-order valence-corrected chi connectivity index (χ2v) is 6.20. The maximum Gasteiger partial charge on any atom is 0.204 e. The second kappa shape index (κ2) is 7.12. The van der Waals surface area contributed by atoms with Gasteiger partial charge in [0, 0.05) is 0 Å². The molecule has 2 nitrogen and oxygen atoms in total. The molecule has 22 heavy (non-hydrogen) atoms. The number of ether oxygens (including phenoxy) is 2. The summed E-state index contributed by atoms with van der Waals surface area (Å²) in [5, 5.41) is 0. The van der Waals surface area contributed by atoms with Crippen molar-refractivity contribution in [2.45, 2.75) is 38.5 Å². The Labute approximate surface area is 130 Å². The Kier molecular flexibility index (Phi) is 4.96. The maximum atomic E-state index is 13.9. The van der Waals surface area contributed by atoms with Gasteiger partial charge in [-0.1, -0.05) is 25.0 Å². The molecule has 0 amide bonds. The minimum absolute atomic E-state index is 0.0332. The molecule has 0 radical (unpaired) electrons. The van der Waals surface area contributed by atoms with E-state index in [0.717, 1.165) is 18.8 Å². The number of allylic oxidation sites excluding steroid dienone is 1. The van der Waals surface area contributed by atoms with Crippen molar-refractivity contribution in [3.63, 3.8) is 0 Å². The molecule has 0 N–H and O–H groups in total. The van der Waals surface area contributed by atoms with E-state index in [2.05, 4.69) is 6.08 Å². The second-order valence-electron chi connectivity index (χ2n) is 6.20. The van der Waals surface area contributed by atoms with Crippen molar-refractivity contribution in [2.24, 2.45) is 11.8 Å². The van der Waals surface area contributed by atoms with Gasteiger partial charge >= 0.3 is 0 Å². The molecule has 2 fully saturated rings. The smallest absolute Gasteiger partial charge is 0.204 e. The number of hydrogen-bond donors (Lipinski definition) is 0. The SMILES string of the molecule is Fc1c(OC/C=C/C2CC2)ccc(OCCCC2CC2)c1F. The van der Waals surface area contributed by atoms with Crippen LogP contribution < -0.4 is 9.47 Å². The van der Waals surface area contributed by atoms with Gasteiger partial charge in [-0.25, -0.2) is 0 Å². The zero-order valence-corrected chi connectivity index (χ0v) is 12.7. The summed E-state index contributed by atoms with van der Waals surface area (Å²) in [6.45, 7) is 0.686. The lowest BCUT2D eigenvalue weighted by atomic mass is 10.2. The Morgan fingerprint density at radius 2 is 1.68 bits per heavy atom. The summed E-state index contributed by atoms with van der Waals surface area (Å²) < 4.78 is 38.4. The largest absolute Gasteiger partial charge is 0.490 e. The normalized spacial score (nSPS) is 17.9. The van der Waals surface area contributed by atoms with E-state index in [1.807, 2.05) is 6.08 Å². The van der Waals surface area contributed by atoms with E-state index in [1.165, 1.54) is 37.8 Å². The third-order valence-corrected chi connectivity index (χ3v) is 4.09. The standard InChI is InChI=1S/C18H22F2O2/c19-17-15(21-11-1-3-13-5-6-13)9-10-16(18(17)20)22-12-2-4-14-7-8-14/h1,3,9-10,13-14H,2,4-8,11-12H2/b3-1+. The first kappa shape index (κ1) is 15.3. The summed E-state index contributed by atoms with van der Waals surface area (Å²) in [5.74, 6) is -0.562. The minimum atomic E-state index is -0.973. The molecule has 1 aromatic carbocycles. The average Bonchev–Trinajstić information content (AvgIpc) is 3.40. The summed E-state index contributed by atoms with van der Waals surface area (Å²) >= 11 is 0. The van der Waals surface area contributed by atoms with Crippen LogP contribution in [0.1, 0.15) is 38.5 Å². The number of hydrogen-bond acceptors (Lipinski definition) is 2. The van der Waals surface area contributed by atoms with E-state index in [4.69, 9.17) is 9.47 Å². The van der Waals surface area contributed by atoms with Crippen LogP contribution in [0.4, 0.5) is 8.78 Å². The van der Waals surface area contributed by atoms with Gasteiger partial charge < -0.3 is 9.47 Å². The van der Waals surface area contributed by atoms with E-state index < -0.39 is 11.6 Å². The van der Waals surface area contributed by atoms with Gasteiger partial charge in [0.15, 0.2) is 11.5 Å². The van der Waals surface area contributed by atoms with Crippen molar-refractivity contribution >= 4 is 0 Å². The van der Waals surface area contributed by atoms with Crippen LogP contribution in [0.25, 0.3) is 0 Å². The van der Waals surface area contributed by atoms with E-state index in [1.54, 1.807) is 0 Å². The Morgan fingerprint density at radius 1 is 1.00 bits per heavy atom. The summed E-state index contributed by atoms with van der Waals surface area (Å²) in [7, 11) is 0. The first-order chi connectivity index (χ1) is 10.7. The molecule has 2 saturated carbocycles. The Hall–Kier alpha value is -1.58. The molecule has 0 heterocycles. The highest BCUT2D eigenvalue weighted by Gasteiger charge is 2.21. The third kappa shape index (κ3) is 4.46. The van der Waals surface area contributed by atoms with Crippen molar-refractivity contribution in [3.8, 4) is 11.5 Å². The van der Waals surface area contributed by atoms with Gasteiger partial charge in [-0.05, 0) is 49.7 Å². The molecule has 3 rings (SSSR count). The predicted octanol–water partition coefficient (Wildman–Crippen LogP) is 4.88. The highest BCUT2D eigenvalue weighted by atomic mass is 19.2. The Balaban J connectivity index is 1.48. The van der Waals surface area contributed by atoms with Gasteiger partial charge in [-0.2, -0.15) is 8.78 Å². The third-order valence-electron chi connectivity index (χ3n) is 4.09. The summed E-state index contributed by atoms with van der Waals surface area (Å²) in [4.78, 5) is 0. The van der Waals surface area contributed by atoms with Gasteiger partial charge in [0.2, 0.25) is 11.6 Å². The first-order valence-corrected chi connectivity index (χ1v) is 8.14. The van der Waals surface area contributed by atoms with Gasteiger partial charge in [-0.3, -0.25) is 0 Å².